The molecule has 2 heterocycles. The normalized spacial score (nSPS) is 11.4. The number of carbonyl (C=O) groups excluding carboxylic acids is 1. The number of amides is 1. The van der Waals surface area contributed by atoms with Gasteiger partial charge >= 0.3 is 0 Å². The molecular formula is C21H18F2N4OS. The molecule has 0 spiro atoms. The zero-order valence-corrected chi connectivity index (χ0v) is 16.8. The van der Waals surface area contributed by atoms with Gasteiger partial charge in [-0.05, 0) is 61.7 Å². The monoisotopic (exact) mass is 412 g/mol. The number of anilines is 1. The largest absolute Gasteiger partial charge is 0.337 e. The van der Waals surface area contributed by atoms with E-state index in [1.807, 2.05) is 12.3 Å². The van der Waals surface area contributed by atoms with Crippen LogP contribution < -0.4 is 5.32 Å². The first-order valence-electron chi connectivity index (χ1n) is 8.94. The molecule has 0 atom stereocenters. The Morgan fingerprint density at radius 2 is 1.83 bits per heavy atom. The quantitative estimate of drug-likeness (QED) is 0.445. The van der Waals surface area contributed by atoms with Gasteiger partial charge in [0, 0.05) is 16.5 Å². The Morgan fingerprint density at radius 1 is 1.07 bits per heavy atom. The standard InChI is InChI=1S/C21H18F2N4OS/c1-10-6-12(3)14(7-11(10)2)17-9-29-21(26-17)27-20(28)13-4-5-15-16(8-13)25-19(24-15)18(22)23/h4-9,18H,1-3H3,(H,24,25)(H,26,27,28). The first-order valence-corrected chi connectivity index (χ1v) is 9.82. The summed E-state index contributed by atoms with van der Waals surface area (Å²) < 4.78 is 25.6. The fraction of sp³-hybridized carbons (Fsp3) is 0.190. The molecule has 5 nitrogen and oxygen atoms in total. The number of fused-ring (bicyclic) bond motifs is 1. The van der Waals surface area contributed by atoms with Gasteiger partial charge in [0.1, 0.15) is 0 Å². The number of hydrogen-bond acceptors (Lipinski definition) is 4. The van der Waals surface area contributed by atoms with E-state index in [-0.39, 0.29) is 5.91 Å². The molecule has 0 bridgehead atoms. The summed E-state index contributed by atoms with van der Waals surface area (Å²) in [7, 11) is 0. The molecule has 4 aromatic rings. The van der Waals surface area contributed by atoms with Gasteiger partial charge in [-0.1, -0.05) is 6.07 Å². The third kappa shape index (κ3) is 3.75. The van der Waals surface area contributed by atoms with Gasteiger partial charge in [0.25, 0.3) is 12.3 Å². The van der Waals surface area contributed by atoms with E-state index in [2.05, 4.69) is 46.2 Å². The lowest BCUT2D eigenvalue weighted by molar-refractivity contribution is 0.102. The Bertz CT molecular complexity index is 1230. The van der Waals surface area contributed by atoms with E-state index in [1.165, 1.54) is 28.5 Å². The highest BCUT2D eigenvalue weighted by molar-refractivity contribution is 7.14. The number of imidazole rings is 1. The predicted molar refractivity (Wildman–Crippen MR) is 111 cm³/mol. The van der Waals surface area contributed by atoms with Crippen molar-refractivity contribution in [3.8, 4) is 11.3 Å². The fourth-order valence-electron chi connectivity index (χ4n) is 3.13. The number of aryl methyl sites for hydroxylation is 3. The Balaban J connectivity index is 1.56. The predicted octanol–water partition coefficient (Wildman–Crippen LogP) is 5.80. The van der Waals surface area contributed by atoms with Crippen LogP contribution in [-0.4, -0.2) is 20.9 Å². The molecular weight excluding hydrogens is 394 g/mol. The third-order valence-electron chi connectivity index (χ3n) is 4.81. The number of thiazole rings is 1. The molecule has 0 aliphatic heterocycles. The number of aromatic amines is 1. The van der Waals surface area contributed by atoms with E-state index in [0.717, 1.165) is 16.8 Å². The van der Waals surface area contributed by atoms with Gasteiger partial charge in [-0.25, -0.2) is 18.7 Å². The van der Waals surface area contributed by atoms with Crippen molar-refractivity contribution >= 4 is 33.4 Å². The van der Waals surface area contributed by atoms with E-state index in [0.29, 0.717) is 21.7 Å². The van der Waals surface area contributed by atoms with Crippen LogP contribution in [0.2, 0.25) is 0 Å². The van der Waals surface area contributed by atoms with Crippen molar-refractivity contribution in [1.29, 1.82) is 0 Å². The van der Waals surface area contributed by atoms with Crippen LogP contribution in [0.5, 0.6) is 0 Å². The first kappa shape index (κ1) is 19.2. The number of benzene rings is 2. The molecule has 0 radical (unpaired) electrons. The highest BCUT2D eigenvalue weighted by atomic mass is 32.1. The number of hydrogen-bond donors (Lipinski definition) is 2. The summed E-state index contributed by atoms with van der Waals surface area (Å²) in [6.45, 7) is 6.16. The Hall–Kier alpha value is -3.13. The van der Waals surface area contributed by atoms with Crippen LogP contribution in [0.1, 0.15) is 39.3 Å². The Kier molecular flexibility index (Phi) is 4.87. The average molecular weight is 412 g/mol. The summed E-state index contributed by atoms with van der Waals surface area (Å²) >= 11 is 1.34. The van der Waals surface area contributed by atoms with Crippen molar-refractivity contribution in [2.45, 2.75) is 27.2 Å². The molecule has 29 heavy (non-hydrogen) atoms. The van der Waals surface area contributed by atoms with Crippen LogP contribution in [0.4, 0.5) is 13.9 Å². The molecule has 8 heteroatoms. The van der Waals surface area contributed by atoms with Gasteiger partial charge in [0.2, 0.25) is 0 Å². The van der Waals surface area contributed by atoms with Crippen LogP contribution in [0, 0.1) is 20.8 Å². The maximum absolute atomic E-state index is 12.8. The highest BCUT2D eigenvalue weighted by Crippen LogP contribution is 2.30. The van der Waals surface area contributed by atoms with Gasteiger partial charge in [0.15, 0.2) is 11.0 Å². The number of halogens is 2. The number of nitrogens with zero attached hydrogens (tertiary/aromatic N) is 2. The van der Waals surface area contributed by atoms with Gasteiger partial charge < -0.3 is 4.98 Å². The van der Waals surface area contributed by atoms with E-state index < -0.39 is 12.2 Å². The Morgan fingerprint density at radius 3 is 2.59 bits per heavy atom. The molecule has 0 aliphatic carbocycles. The van der Waals surface area contributed by atoms with Gasteiger partial charge in [-0.3, -0.25) is 10.1 Å². The van der Waals surface area contributed by atoms with Crippen LogP contribution in [0.15, 0.2) is 35.7 Å². The van der Waals surface area contributed by atoms with Gasteiger partial charge in [0.05, 0.1) is 16.7 Å². The number of nitrogens with one attached hydrogen (secondary N) is 2. The molecule has 0 saturated heterocycles. The summed E-state index contributed by atoms with van der Waals surface area (Å²) in [6, 6.07) is 8.81. The SMILES string of the molecule is Cc1cc(C)c(-c2csc(NC(=O)c3ccc4nc(C(F)F)[nH]c4c3)n2)cc1C. The zero-order chi connectivity index (χ0) is 20.7. The number of H-pyrrole nitrogens is 1. The lowest BCUT2D eigenvalue weighted by atomic mass is 9.99. The average Bonchev–Trinajstić information content (AvgIpc) is 3.30. The highest BCUT2D eigenvalue weighted by Gasteiger charge is 2.16. The van der Waals surface area contributed by atoms with Crippen LogP contribution in [-0.2, 0) is 0 Å². The van der Waals surface area contributed by atoms with Crippen molar-refractivity contribution in [3.63, 3.8) is 0 Å². The maximum atomic E-state index is 12.8. The fourth-order valence-corrected chi connectivity index (χ4v) is 3.84. The number of rotatable bonds is 4. The molecule has 148 valence electrons. The molecule has 2 aromatic heterocycles. The van der Waals surface area contributed by atoms with Gasteiger partial charge in [-0.15, -0.1) is 11.3 Å². The maximum Gasteiger partial charge on any atom is 0.295 e. The minimum atomic E-state index is -2.69. The van der Waals surface area contributed by atoms with Gasteiger partial charge in [-0.2, -0.15) is 0 Å². The Labute approximate surface area is 169 Å². The summed E-state index contributed by atoms with van der Waals surface area (Å²) in [5.41, 5.74) is 6.47. The molecule has 2 aromatic carbocycles. The van der Waals surface area contributed by atoms with Crippen molar-refractivity contribution in [2.24, 2.45) is 0 Å². The van der Waals surface area contributed by atoms with E-state index >= 15 is 0 Å². The number of carbonyl (C=O) groups is 1. The van der Waals surface area contributed by atoms with Crippen molar-refractivity contribution in [3.05, 3.63) is 63.8 Å². The van der Waals surface area contributed by atoms with E-state index in [9.17, 15) is 13.6 Å². The summed E-state index contributed by atoms with van der Waals surface area (Å²) in [6.07, 6.45) is -2.69. The molecule has 0 saturated carbocycles. The van der Waals surface area contributed by atoms with Crippen LogP contribution in [0.3, 0.4) is 0 Å². The van der Waals surface area contributed by atoms with E-state index in [1.54, 1.807) is 12.1 Å². The van der Waals surface area contributed by atoms with Crippen molar-refractivity contribution in [2.75, 3.05) is 5.32 Å². The minimum Gasteiger partial charge on any atom is -0.337 e. The second kappa shape index (κ2) is 7.36. The molecule has 1 amide bonds. The lowest BCUT2D eigenvalue weighted by Crippen LogP contribution is -2.11. The molecule has 0 fully saturated rings. The lowest BCUT2D eigenvalue weighted by Gasteiger charge is -2.07. The molecule has 4 rings (SSSR count). The molecule has 2 N–H and O–H groups in total. The minimum absolute atomic E-state index is 0.334. The summed E-state index contributed by atoms with van der Waals surface area (Å²) in [5, 5.41) is 5.15. The van der Waals surface area contributed by atoms with Crippen LogP contribution in [0.25, 0.3) is 22.3 Å². The second-order valence-corrected chi connectivity index (χ2v) is 7.76. The number of aromatic nitrogens is 3. The summed E-state index contributed by atoms with van der Waals surface area (Å²) in [5.74, 6) is -0.774. The van der Waals surface area contributed by atoms with Crippen molar-refractivity contribution < 1.29 is 13.6 Å². The zero-order valence-electron chi connectivity index (χ0n) is 16.0. The van der Waals surface area contributed by atoms with E-state index in [4.69, 9.17) is 0 Å². The van der Waals surface area contributed by atoms with Crippen molar-refractivity contribution in [1.82, 2.24) is 15.0 Å². The molecule has 0 unspecified atom stereocenters. The topological polar surface area (TPSA) is 70.7 Å². The first-order chi connectivity index (χ1) is 13.8. The number of alkyl halides is 2. The van der Waals surface area contributed by atoms with Crippen LogP contribution >= 0.6 is 11.3 Å². The third-order valence-corrected chi connectivity index (χ3v) is 5.57. The second-order valence-electron chi connectivity index (χ2n) is 6.90. The molecule has 0 aliphatic rings. The summed E-state index contributed by atoms with van der Waals surface area (Å²) in [4.78, 5) is 23.5. The smallest absolute Gasteiger partial charge is 0.295 e.